The van der Waals surface area contributed by atoms with Crippen LogP contribution in [0, 0.1) is 5.82 Å². The van der Waals surface area contributed by atoms with Crippen LogP contribution in [-0.4, -0.2) is 7.05 Å². The Kier molecular flexibility index (Phi) is 3.92. The van der Waals surface area contributed by atoms with E-state index in [1.807, 2.05) is 25.2 Å². The van der Waals surface area contributed by atoms with Crippen LogP contribution in [0.5, 0.6) is 0 Å². The number of nitrogens with one attached hydrogen (secondary N) is 1. The molecule has 0 radical (unpaired) electrons. The summed E-state index contributed by atoms with van der Waals surface area (Å²) in [6, 6.07) is 14.9. The molecule has 0 aliphatic rings. The molecule has 0 saturated carbocycles. The van der Waals surface area contributed by atoms with Crippen LogP contribution in [0.15, 0.2) is 53.0 Å². The van der Waals surface area contributed by atoms with Crippen molar-refractivity contribution in [3.8, 4) is 0 Å². The van der Waals surface area contributed by atoms with Gasteiger partial charge in [0.25, 0.3) is 0 Å². The van der Waals surface area contributed by atoms with Crippen molar-refractivity contribution in [1.82, 2.24) is 5.32 Å². The van der Waals surface area contributed by atoms with E-state index in [1.165, 1.54) is 12.1 Å². The molecule has 1 unspecified atom stereocenters. The van der Waals surface area contributed by atoms with E-state index in [0.29, 0.717) is 0 Å². The fourth-order valence-corrected chi connectivity index (χ4v) is 2.46. The van der Waals surface area contributed by atoms with Crippen LogP contribution in [0.2, 0.25) is 0 Å². The number of hydrogen-bond acceptors (Lipinski definition) is 1. The van der Waals surface area contributed by atoms with E-state index < -0.39 is 0 Å². The van der Waals surface area contributed by atoms with Gasteiger partial charge in [-0.3, -0.25) is 0 Å². The quantitative estimate of drug-likeness (QED) is 0.905. The molecule has 0 aliphatic heterocycles. The van der Waals surface area contributed by atoms with Gasteiger partial charge >= 0.3 is 0 Å². The van der Waals surface area contributed by atoms with Gasteiger partial charge in [0.05, 0.1) is 6.04 Å². The van der Waals surface area contributed by atoms with Crippen molar-refractivity contribution in [2.24, 2.45) is 0 Å². The van der Waals surface area contributed by atoms with Gasteiger partial charge in [0.1, 0.15) is 5.82 Å². The van der Waals surface area contributed by atoms with Crippen molar-refractivity contribution >= 4 is 15.9 Å². The number of hydrogen-bond donors (Lipinski definition) is 1. The summed E-state index contributed by atoms with van der Waals surface area (Å²) in [4.78, 5) is 0. The van der Waals surface area contributed by atoms with Crippen LogP contribution in [-0.2, 0) is 0 Å². The third kappa shape index (κ3) is 2.73. The summed E-state index contributed by atoms with van der Waals surface area (Å²) < 4.78 is 13.8. The van der Waals surface area contributed by atoms with Gasteiger partial charge in [0, 0.05) is 4.47 Å². The lowest BCUT2D eigenvalue weighted by Gasteiger charge is -2.18. The van der Waals surface area contributed by atoms with E-state index >= 15 is 0 Å². The topological polar surface area (TPSA) is 12.0 Å². The van der Waals surface area contributed by atoms with E-state index in [9.17, 15) is 4.39 Å². The van der Waals surface area contributed by atoms with E-state index in [4.69, 9.17) is 0 Å². The minimum Gasteiger partial charge on any atom is -0.309 e. The number of halogens is 2. The molecular formula is C14H13BrFN. The van der Waals surface area contributed by atoms with Gasteiger partial charge in [0.2, 0.25) is 0 Å². The molecule has 0 aliphatic carbocycles. The molecule has 0 aromatic heterocycles. The highest BCUT2D eigenvalue weighted by Gasteiger charge is 2.14. The van der Waals surface area contributed by atoms with Crippen LogP contribution in [0.25, 0.3) is 0 Å². The summed E-state index contributed by atoms with van der Waals surface area (Å²) >= 11 is 3.41. The Balaban J connectivity index is 2.42. The second kappa shape index (κ2) is 5.43. The molecule has 0 saturated heterocycles. The van der Waals surface area contributed by atoms with Gasteiger partial charge in [-0.2, -0.15) is 0 Å². The average molecular weight is 294 g/mol. The lowest BCUT2D eigenvalue weighted by Crippen LogP contribution is -2.18. The molecule has 1 nitrogen and oxygen atoms in total. The molecule has 0 bridgehead atoms. The minimum absolute atomic E-state index is 0.0613. The zero-order valence-corrected chi connectivity index (χ0v) is 11.0. The van der Waals surface area contributed by atoms with Crippen molar-refractivity contribution in [2.45, 2.75) is 6.04 Å². The molecule has 88 valence electrons. The Morgan fingerprint density at radius 1 is 1.12 bits per heavy atom. The van der Waals surface area contributed by atoms with Gasteiger partial charge in [-0.15, -0.1) is 0 Å². The summed E-state index contributed by atoms with van der Waals surface area (Å²) in [5, 5.41) is 3.24. The van der Waals surface area contributed by atoms with Crippen molar-refractivity contribution in [3.63, 3.8) is 0 Å². The maximum absolute atomic E-state index is 13.1. The van der Waals surface area contributed by atoms with Gasteiger partial charge in [-0.05, 0) is 30.3 Å². The Bertz CT molecular complexity index is 499. The Hall–Kier alpha value is -1.19. The predicted molar refractivity (Wildman–Crippen MR) is 71.4 cm³/mol. The van der Waals surface area contributed by atoms with Crippen LogP contribution in [0.3, 0.4) is 0 Å². The molecule has 0 heterocycles. The van der Waals surface area contributed by atoms with E-state index in [-0.39, 0.29) is 11.9 Å². The summed E-state index contributed by atoms with van der Waals surface area (Å²) in [5.41, 5.74) is 2.18. The predicted octanol–water partition coefficient (Wildman–Crippen LogP) is 3.90. The molecule has 2 rings (SSSR count). The molecule has 0 amide bonds. The smallest absolute Gasteiger partial charge is 0.124 e. The first-order valence-electron chi connectivity index (χ1n) is 5.39. The summed E-state index contributed by atoms with van der Waals surface area (Å²) in [6.45, 7) is 0. The molecule has 1 N–H and O–H groups in total. The van der Waals surface area contributed by atoms with Crippen LogP contribution >= 0.6 is 15.9 Å². The minimum atomic E-state index is -0.233. The van der Waals surface area contributed by atoms with Gasteiger partial charge in [0.15, 0.2) is 0 Å². The Morgan fingerprint density at radius 3 is 2.41 bits per heavy atom. The normalized spacial score (nSPS) is 12.4. The molecular weight excluding hydrogens is 281 g/mol. The van der Waals surface area contributed by atoms with Crippen LogP contribution in [0.4, 0.5) is 4.39 Å². The lowest BCUT2D eigenvalue weighted by molar-refractivity contribution is 0.621. The second-order valence-corrected chi connectivity index (χ2v) is 4.65. The SMILES string of the molecule is CNC(c1ccccc1)c1ccc(F)cc1Br. The maximum Gasteiger partial charge on any atom is 0.124 e. The van der Waals surface area contributed by atoms with Gasteiger partial charge < -0.3 is 5.32 Å². The molecule has 2 aromatic rings. The fraction of sp³-hybridized carbons (Fsp3) is 0.143. The zero-order valence-electron chi connectivity index (χ0n) is 9.45. The van der Waals surface area contributed by atoms with Crippen LogP contribution in [0.1, 0.15) is 17.2 Å². The van der Waals surface area contributed by atoms with E-state index in [2.05, 4.69) is 33.4 Å². The Labute approximate surface area is 109 Å². The third-order valence-corrected chi connectivity index (χ3v) is 3.38. The number of benzene rings is 2. The first-order valence-corrected chi connectivity index (χ1v) is 6.19. The second-order valence-electron chi connectivity index (χ2n) is 3.80. The van der Waals surface area contributed by atoms with Crippen molar-refractivity contribution in [3.05, 3.63) is 69.9 Å². The monoisotopic (exact) mass is 293 g/mol. The van der Waals surface area contributed by atoms with Crippen molar-refractivity contribution in [1.29, 1.82) is 0 Å². The van der Waals surface area contributed by atoms with Crippen molar-refractivity contribution < 1.29 is 4.39 Å². The maximum atomic E-state index is 13.1. The number of rotatable bonds is 3. The van der Waals surface area contributed by atoms with Gasteiger partial charge in [-0.25, -0.2) is 4.39 Å². The fourth-order valence-electron chi connectivity index (χ4n) is 1.88. The first kappa shape index (κ1) is 12.3. The van der Waals surface area contributed by atoms with E-state index in [1.54, 1.807) is 6.07 Å². The highest BCUT2D eigenvalue weighted by Crippen LogP contribution is 2.28. The lowest BCUT2D eigenvalue weighted by atomic mass is 9.99. The molecule has 1 atom stereocenters. The van der Waals surface area contributed by atoms with Crippen LogP contribution < -0.4 is 5.32 Å². The largest absolute Gasteiger partial charge is 0.309 e. The molecule has 0 fully saturated rings. The molecule has 0 spiro atoms. The zero-order chi connectivity index (χ0) is 12.3. The van der Waals surface area contributed by atoms with E-state index in [0.717, 1.165) is 15.6 Å². The standard InChI is InChI=1S/C14H13BrFN/c1-17-14(10-5-3-2-4-6-10)12-8-7-11(16)9-13(12)15/h2-9,14,17H,1H3. The molecule has 17 heavy (non-hydrogen) atoms. The highest BCUT2D eigenvalue weighted by molar-refractivity contribution is 9.10. The third-order valence-electron chi connectivity index (χ3n) is 2.70. The van der Waals surface area contributed by atoms with Crippen molar-refractivity contribution in [2.75, 3.05) is 7.05 Å². The molecule has 3 heteroatoms. The highest BCUT2D eigenvalue weighted by atomic mass is 79.9. The summed E-state index contributed by atoms with van der Waals surface area (Å²) in [7, 11) is 1.90. The molecule has 2 aromatic carbocycles. The average Bonchev–Trinajstić information content (AvgIpc) is 2.34. The Morgan fingerprint density at radius 2 is 1.82 bits per heavy atom. The summed E-state index contributed by atoms with van der Waals surface area (Å²) in [6.07, 6.45) is 0. The first-order chi connectivity index (χ1) is 8.22. The van der Waals surface area contributed by atoms with Gasteiger partial charge in [-0.1, -0.05) is 52.3 Å². The summed E-state index contributed by atoms with van der Waals surface area (Å²) in [5.74, 6) is -0.233.